The van der Waals surface area contributed by atoms with Crippen LogP contribution in [-0.4, -0.2) is 21.1 Å². The van der Waals surface area contributed by atoms with Crippen LogP contribution in [0.5, 0.6) is 5.75 Å². The zero-order valence-corrected chi connectivity index (χ0v) is 14.1. The summed E-state index contributed by atoms with van der Waals surface area (Å²) in [6.45, 7) is 4.46. The van der Waals surface area contributed by atoms with E-state index in [0.717, 1.165) is 38.4 Å². The molecule has 1 N–H and O–H groups in total. The predicted octanol–water partition coefficient (Wildman–Crippen LogP) is 3.96. The molecule has 0 saturated heterocycles. The molecular formula is C17H17BrN2O2. The highest BCUT2D eigenvalue weighted by Crippen LogP contribution is 2.34. The summed E-state index contributed by atoms with van der Waals surface area (Å²) in [7, 11) is 0. The monoisotopic (exact) mass is 360 g/mol. The van der Waals surface area contributed by atoms with E-state index in [1.807, 2.05) is 54.8 Å². The van der Waals surface area contributed by atoms with Crippen molar-refractivity contribution < 1.29 is 9.84 Å². The number of aliphatic hydroxyl groups excluding tert-OH is 1. The minimum absolute atomic E-state index is 0.0904. The first-order valence-electron chi connectivity index (χ1n) is 7.15. The number of ether oxygens (including phenoxy) is 1. The zero-order chi connectivity index (χ0) is 15.7. The van der Waals surface area contributed by atoms with Crippen LogP contribution in [0, 0.1) is 6.92 Å². The molecule has 0 aliphatic heterocycles. The summed E-state index contributed by atoms with van der Waals surface area (Å²) in [6, 6.07) is 9.78. The van der Waals surface area contributed by atoms with E-state index in [1.165, 1.54) is 0 Å². The van der Waals surface area contributed by atoms with Crippen molar-refractivity contribution in [2.75, 3.05) is 6.61 Å². The van der Waals surface area contributed by atoms with Crippen LogP contribution < -0.4 is 4.74 Å². The molecule has 0 fully saturated rings. The predicted molar refractivity (Wildman–Crippen MR) is 90.2 cm³/mol. The third kappa shape index (κ3) is 2.51. The van der Waals surface area contributed by atoms with Gasteiger partial charge in [0.2, 0.25) is 0 Å². The molecule has 3 rings (SSSR count). The van der Waals surface area contributed by atoms with Gasteiger partial charge in [0, 0.05) is 11.8 Å². The van der Waals surface area contributed by atoms with Crippen molar-refractivity contribution in [3.63, 3.8) is 0 Å². The number of aryl methyl sites for hydroxylation is 1. The third-order valence-electron chi connectivity index (χ3n) is 3.50. The second-order valence-electron chi connectivity index (χ2n) is 5.05. The van der Waals surface area contributed by atoms with E-state index < -0.39 is 0 Å². The molecule has 22 heavy (non-hydrogen) atoms. The van der Waals surface area contributed by atoms with Gasteiger partial charge in [-0.15, -0.1) is 0 Å². The summed E-state index contributed by atoms with van der Waals surface area (Å²) in [6.07, 6.45) is 1.98. The van der Waals surface area contributed by atoms with Gasteiger partial charge >= 0.3 is 0 Å². The van der Waals surface area contributed by atoms with E-state index in [-0.39, 0.29) is 6.61 Å². The maximum Gasteiger partial charge on any atom is 0.152 e. The number of aliphatic hydroxyl groups is 1. The normalized spacial score (nSPS) is 11.1. The number of imidazole rings is 1. The summed E-state index contributed by atoms with van der Waals surface area (Å²) in [5.74, 6) is 0.774. The highest BCUT2D eigenvalue weighted by Gasteiger charge is 2.18. The van der Waals surface area contributed by atoms with Gasteiger partial charge in [-0.25, -0.2) is 4.98 Å². The van der Waals surface area contributed by atoms with E-state index in [0.29, 0.717) is 6.61 Å². The lowest BCUT2D eigenvalue weighted by Gasteiger charge is -2.09. The Morgan fingerprint density at radius 1 is 1.32 bits per heavy atom. The van der Waals surface area contributed by atoms with Crippen LogP contribution in [0.25, 0.3) is 16.9 Å². The number of para-hydroxylation sites is 1. The number of fused-ring (bicyclic) bond motifs is 1. The Kier molecular flexibility index (Phi) is 4.18. The Bertz CT molecular complexity index is 827. The first-order chi connectivity index (χ1) is 10.7. The molecule has 2 heterocycles. The number of nitrogens with zero attached hydrogens (tertiary/aromatic N) is 2. The second kappa shape index (κ2) is 6.10. The van der Waals surface area contributed by atoms with Crippen LogP contribution in [0.1, 0.15) is 18.2 Å². The average molecular weight is 361 g/mol. The first-order valence-corrected chi connectivity index (χ1v) is 7.95. The summed E-state index contributed by atoms with van der Waals surface area (Å²) in [5, 5.41) is 9.85. The molecule has 114 valence electrons. The smallest absolute Gasteiger partial charge is 0.152 e. The van der Waals surface area contributed by atoms with Crippen molar-refractivity contribution in [3.8, 4) is 17.0 Å². The molecular weight excluding hydrogens is 344 g/mol. The maximum absolute atomic E-state index is 9.85. The van der Waals surface area contributed by atoms with E-state index in [2.05, 4.69) is 15.9 Å². The van der Waals surface area contributed by atoms with Crippen molar-refractivity contribution >= 4 is 21.6 Å². The maximum atomic E-state index is 9.85. The van der Waals surface area contributed by atoms with Gasteiger partial charge in [-0.3, -0.25) is 4.40 Å². The Balaban J connectivity index is 2.30. The fraction of sp³-hybridized carbons (Fsp3) is 0.235. The highest BCUT2D eigenvalue weighted by atomic mass is 79.9. The number of hydrogen-bond acceptors (Lipinski definition) is 3. The summed E-state index contributed by atoms with van der Waals surface area (Å²) >= 11 is 3.55. The molecule has 0 saturated carbocycles. The van der Waals surface area contributed by atoms with Crippen LogP contribution in [0.3, 0.4) is 0 Å². The van der Waals surface area contributed by atoms with E-state index in [4.69, 9.17) is 9.72 Å². The van der Waals surface area contributed by atoms with E-state index in [1.54, 1.807) is 0 Å². The lowest BCUT2D eigenvalue weighted by molar-refractivity contribution is 0.276. The molecule has 3 aromatic rings. The van der Waals surface area contributed by atoms with Gasteiger partial charge in [-0.1, -0.05) is 12.1 Å². The topological polar surface area (TPSA) is 46.8 Å². The fourth-order valence-corrected chi connectivity index (χ4v) is 3.23. The van der Waals surface area contributed by atoms with Crippen LogP contribution in [0.15, 0.2) is 41.0 Å². The van der Waals surface area contributed by atoms with Crippen LogP contribution in [0.4, 0.5) is 0 Å². The van der Waals surface area contributed by atoms with Crippen LogP contribution in [-0.2, 0) is 6.61 Å². The average Bonchev–Trinajstić information content (AvgIpc) is 2.86. The van der Waals surface area contributed by atoms with Gasteiger partial charge in [-0.2, -0.15) is 0 Å². The second-order valence-corrected chi connectivity index (χ2v) is 5.91. The van der Waals surface area contributed by atoms with Crippen LogP contribution >= 0.6 is 15.9 Å². The Morgan fingerprint density at radius 2 is 2.09 bits per heavy atom. The van der Waals surface area contributed by atoms with Crippen molar-refractivity contribution in [2.24, 2.45) is 0 Å². The summed E-state index contributed by atoms with van der Waals surface area (Å²) in [4.78, 5) is 4.71. The summed E-state index contributed by atoms with van der Waals surface area (Å²) in [5.41, 5.74) is 4.28. The third-order valence-corrected chi connectivity index (χ3v) is 4.09. The van der Waals surface area contributed by atoms with Gasteiger partial charge < -0.3 is 9.84 Å². The van der Waals surface area contributed by atoms with Crippen molar-refractivity contribution in [2.45, 2.75) is 20.5 Å². The first kappa shape index (κ1) is 15.1. The molecule has 5 heteroatoms. The molecule has 0 aliphatic carbocycles. The minimum atomic E-state index is -0.0904. The molecule has 0 atom stereocenters. The molecule has 1 aromatic carbocycles. The molecule has 0 amide bonds. The number of benzene rings is 1. The van der Waals surface area contributed by atoms with E-state index in [9.17, 15) is 5.11 Å². The molecule has 0 unspecified atom stereocenters. The summed E-state index contributed by atoms with van der Waals surface area (Å²) < 4.78 is 8.53. The number of hydrogen-bond donors (Lipinski definition) is 1. The largest absolute Gasteiger partial charge is 0.493 e. The van der Waals surface area contributed by atoms with E-state index >= 15 is 0 Å². The number of rotatable bonds is 4. The van der Waals surface area contributed by atoms with Crippen LogP contribution in [0.2, 0.25) is 0 Å². The molecule has 2 aromatic heterocycles. The molecule has 4 nitrogen and oxygen atoms in total. The van der Waals surface area contributed by atoms with Crippen molar-refractivity contribution in [1.82, 2.24) is 9.38 Å². The zero-order valence-electron chi connectivity index (χ0n) is 12.5. The van der Waals surface area contributed by atoms with Gasteiger partial charge in [0.15, 0.2) is 5.65 Å². The number of pyridine rings is 1. The Morgan fingerprint density at radius 3 is 2.82 bits per heavy atom. The number of aromatic nitrogens is 2. The van der Waals surface area contributed by atoms with Crippen molar-refractivity contribution in [3.05, 3.63) is 52.3 Å². The Hall–Kier alpha value is -1.85. The lowest BCUT2D eigenvalue weighted by Crippen LogP contribution is -1.97. The van der Waals surface area contributed by atoms with Gasteiger partial charge in [0.05, 0.1) is 29.1 Å². The SMILES string of the molecule is CCOc1ccccc1-c1nc2c(Br)cc(C)cn2c1CO. The molecule has 0 aliphatic rings. The molecule has 0 spiro atoms. The van der Waals surface area contributed by atoms with Gasteiger partial charge in [0.25, 0.3) is 0 Å². The Labute approximate surface area is 137 Å². The molecule has 0 bridgehead atoms. The van der Waals surface area contributed by atoms with Crippen molar-refractivity contribution in [1.29, 1.82) is 0 Å². The quantitative estimate of drug-likeness (QED) is 0.765. The minimum Gasteiger partial charge on any atom is -0.493 e. The van der Waals surface area contributed by atoms with Gasteiger partial charge in [-0.05, 0) is 53.5 Å². The van der Waals surface area contributed by atoms with Gasteiger partial charge in [0.1, 0.15) is 5.75 Å². The fourth-order valence-electron chi connectivity index (χ4n) is 2.59. The lowest BCUT2D eigenvalue weighted by atomic mass is 10.1. The molecule has 0 radical (unpaired) electrons. The highest BCUT2D eigenvalue weighted by molar-refractivity contribution is 9.10. The number of halogens is 1. The standard InChI is InChI=1S/C17H17BrN2O2/c1-3-22-15-7-5-4-6-12(15)16-14(10-21)20-9-11(2)8-13(18)17(20)19-16/h4-9,21H,3,10H2,1-2H3.